The Bertz CT molecular complexity index is 785. The maximum absolute atomic E-state index is 12.1. The highest BCUT2D eigenvalue weighted by atomic mass is 35.5. The number of halogens is 1. The minimum atomic E-state index is -1.35. The van der Waals surface area contributed by atoms with E-state index >= 15 is 0 Å². The largest absolute Gasteiger partial charge is 0.495 e. The Balaban J connectivity index is 2.51. The zero-order chi connectivity index (χ0) is 17.2. The molecular weight excluding hydrogens is 336 g/mol. The summed E-state index contributed by atoms with van der Waals surface area (Å²) in [6.45, 7) is 5.59. The smallest absolute Gasteiger partial charge is 0.222 e. The van der Waals surface area contributed by atoms with Gasteiger partial charge in [0.15, 0.2) is 0 Å². The Morgan fingerprint density at radius 1 is 1.22 bits per heavy atom. The number of methoxy groups -OCH3 is 2. The molecule has 0 aliphatic rings. The third kappa shape index (κ3) is 4.00. The molecule has 0 saturated heterocycles. The van der Waals surface area contributed by atoms with E-state index in [0.717, 1.165) is 5.39 Å². The molecule has 1 aromatic carbocycles. The van der Waals surface area contributed by atoms with Crippen LogP contribution in [0.3, 0.4) is 0 Å². The summed E-state index contributed by atoms with van der Waals surface area (Å²) in [6, 6.07) is 5.35. The summed E-state index contributed by atoms with van der Waals surface area (Å²) in [5.41, 5.74) is 1.33. The lowest BCUT2D eigenvalue weighted by atomic mass is 10.1. The van der Waals surface area contributed by atoms with Crippen LogP contribution in [0.1, 0.15) is 26.3 Å². The second-order valence-corrected chi connectivity index (χ2v) is 8.20. The average molecular weight is 355 g/mol. The van der Waals surface area contributed by atoms with Gasteiger partial charge in [0.05, 0.1) is 41.3 Å². The van der Waals surface area contributed by atoms with Gasteiger partial charge in [-0.25, -0.2) is 9.19 Å². The van der Waals surface area contributed by atoms with Crippen LogP contribution in [0, 0.1) is 0 Å². The monoisotopic (exact) mass is 354 g/mol. The van der Waals surface area contributed by atoms with E-state index in [1.165, 1.54) is 13.3 Å². The second kappa shape index (κ2) is 6.84. The Hall–Kier alpha value is -1.66. The van der Waals surface area contributed by atoms with Gasteiger partial charge < -0.3 is 9.47 Å². The third-order valence-electron chi connectivity index (χ3n) is 3.09. The van der Waals surface area contributed by atoms with E-state index in [9.17, 15) is 4.21 Å². The van der Waals surface area contributed by atoms with Crippen molar-refractivity contribution in [1.82, 2.24) is 4.98 Å². The second-order valence-electron chi connectivity index (χ2n) is 5.86. The number of ether oxygens (including phenoxy) is 2. The highest BCUT2D eigenvalue weighted by molar-refractivity contribution is 7.85. The molecule has 0 aliphatic carbocycles. The molecule has 0 unspecified atom stereocenters. The molecule has 1 heterocycles. The number of nitrogens with zero attached hydrogens (tertiary/aromatic N) is 2. The van der Waals surface area contributed by atoms with Crippen molar-refractivity contribution in [2.75, 3.05) is 14.2 Å². The standard InChI is InChI=1S/C16H19ClN2O3S/c1-16(2,3)23(20)18-9-11-6-10-7-12(17)14(21-4)8-13(10)19-15(11)22-5/h6-9H,1-5H3/b18-9+/t23-/m0/s1. The van der Waals surface area contributed by atoms with Gasteiger partial charge in [-0.05, 0) is 32.9 Å². The maximum Gasteiger partial charge on any atom is 0.222 e. The Morgan fingerprint density at radius 2 is 1.91 bits per heavy atom. The molecule has 23 heavy (non-hydrogen) atoms. The Labute approximate surface area is 143 Å². The first-order chi connectivity index (χ1) is 10.8. The van der Waals surface area contributed by atoms with E-state index < -0.39 is 15.7 Å². The molecule has 0 aliphatic heterocycles. The van der Waals surface area contributed by atoms with Gasteiger partial charge in [-0.15, -0.1) is 0 Å². The molecule has 0 saturated carbocycles. The van der Waals surface area contributed by atoms with Crippen LogP contribution >= 0.6 is 11.6 Å². The summed E-state index contributed by atoms with van der Waals surface area (Å²) in [6.07, 6.45) is 1.52. The minimum Gasteiger partial charge on any atom is -0.495 e. The molecule has 124 valence electrons. The maximum atomic E-state index is 12.1. The lowest BCUT2D eigenvalue weighted by Gasteiger charge is -2.13. The molecule has 7 heteroatoms. The summed E-state index contributed by atoms with van der Waals surface area (Å²) in [5, 5.41) is 1.31. The van der Waals surface area contributed by atoms with Crippen LogP contribution in [-0.2, 0) is 11.0 Å². The molecule has 5 nitrogen and oxygen atoms in total. The van der Waals surface area contributed by atoms with Crippen molar-refractivity contribution in [1.29, 1.82) is 0 Å². The molecular formula is C16H19ClN2O3S. The molecule has 1 atom stereocenters. The molecule has 0 N–H and O–H groups in total. The van der Waals surface area contributed by atoms with Crippen LogP contribution < -0.4 is 9.47 Å². The predicted molar refractivity (Wildman–Crippen MR) is 95.3 cm³/mol. The molecule has 1 aromatic heterocycles. The molecule has 0 fully saturated rings. The van der Waals surface area contributed by atoms with Gasteiger partial charge in [0.2, 0.25) is 5.88 Å². The van der Waals surface area contributed by atoms with E-state index in [4.69, 9.17) is 21.1 Å². The van der Waals surface area contributed by atoms with Crippen molar-refractivity contribution in [2.45, 2.75) is 25.5 Å². The van der Waals surface area contributed by atoms with Gasteiger partial charge in [-0.1, -0.05) is 11.6 Å². The van der Waals surface area contributed by atoms with Crippen LogP contribution in [0.2, 0.25) is 5.02 Å². The van der Waals surface area contributed by atoms with Crippen LogP contribution in [-0.4, -0.2) is 34.4 Å². The number of hydrogen-bond donors (Lipinski definition) is 0. The van der Waals surface area contributed by atoms with Crippen LogP contribution in [0.15, 0.2) is 22.6 Å². The quantitative estimate of drug-likeness (QED) is 0.784. The van der Waals surface area contributed by atoms with Crippen LogP contribution in [0.5, 0.6) is 11.6 Å². The first kappa shape index (κ1) is 17.7. The lowest BCUT2D eigenvalue weighted by molar-refractivity contribution is 0.398. The normalized spacial score (nSPS) is 13.5. The lowest BCUT2D eigenvalue weighted by Crippen LogP contribution is -2.19. The van der Waals surface area contributed by atoms with Gasteiger partial charge in [-0.3, -0.25) is 0 Å². The molecule has 0 radical (unpaired) electrons. The highest BCUT2D eigenvalue weighted by Crippen LogP contribution is 2.31. The van der Waals surface area contributed by atoms with Gasteiger partial charge >= 0.3 is 0 Å². The fourth-order valence-electron chi connectivity index (χ4n) is 1.85. The van der Waals surface area contributed by atoms with E-state index in [0.29, 0.717) is 27.7 Å². The fourth-order valence-corrected chi connectivity index (χ4v) is 2.62. The van der Waals surface area contributed by atoms with Crippen molar-refractivity contribution in [3.8, 4) is 11.6 Å². The first-order valence-corrected chi connectivity index (χ1v) is 8.43. The van der Waals surface area contributed by atoms with Crippen molar-refractivity contribution in [3.05, 3.63) is 28.8 Å². The summed E-state index contributed by atoms with van der Waals surface area (Å²) in [4.78, 5) is 4.43. The number of rotatable bonds is 4. The van der Waals surface area contributed by atoms with Gasteiger partial charge in [-0.2, -0.15) is 4.40 Å². The van der Waals surface area contributed by atoms with E-state index in [1.807, 2.05) is 26.8 Å². The zero-order valence-electron chi connectivity index (χ0n) is 13.7. The fraction of sp³-hybridized carbons (Fsp3) is 0.375. The number of aromatic nitrogens is 1. The van der Waals surface area contributed by atoms with Crippen LogP contribution in [0.4, 0.5) is 0 Å². The SMILES string of the molecule is COc1cc2nc(OC)c(/C=N/[S@@](=O)C(C)(C)C)cc2cc1Cl. The van der Waals surface area contributed by atoms with Crippen molar-refractivity contribution in [2.24, 2.45) is 4.40 Å². The number of hydrogen-bond acceptors (Lipinski definition) is 4. The van der Waals surface area contributed by atoms with Crippen molar-refractivity contribution < 1.29 is 13.7 Å². The number of benzene rings is 1. The number of fused-ring (bicyclic) bond motifs is 1. The summed E-state index contributed by atoms with van der Waals surface area (Å²) in [7, 11) is 1.72. The highest BCUT2D eigenvalue weighted by Gasteiger charge is 2.18. The predicted octanol–water partition coefficient (Wildman–Crippen LogP) is 3.79. The van der Waals surface area contributed by atoms with Crippen molar-refractivity contribution >= 4 is 39.7 Å². The van der Waals surface area contributed by atoms with E-state index in [2.05, 4.69) is 9.38 Å². The van der Waals surface area contributed by atoms with Crippen LogP contribution in [0.25, 0.3) is 10.9 Å². The van der Waals surface area contributed by atoms with Crippen molar-refractivity contribution in [3.63, 3.8) is 0 Å². The molecule has 0 amide bonds. The first-order valence-electron chi connectivity index (χ1n) is 6.94. The summed E-state index contributed by atoms with van der Waals surface area (Å²) >= 11 is 6.15. The summed E-state index contributed by atoms with van der Waals surface area (Å²) in [5.74, 6) is 0.945. The third-order valence-corrected chi connectivity index (χ3v) is 4.73. The van der Waals surface area contributed by atoms with E-state index in [1.54, 1.807) is 19.2 Å². The molecule has 2 aromatic rings. The topological polar surface area (TPSA) is 60.8 Å². The van der Waals surface area contributed by atoms with Gasteiger partial charge in [0.1, 0.15) is 16.7 Å². The minimum absolute atomic E-state index is 0.400. The average Bonchev–Trinajstić information content (AvgIpc) is 2.50. The number of pyridine rings is 1. The molecule has 0 bridgehead atoms. The molecule has 2 rings (SSSR count). The molecule has 0 spiro atoms. The Morgan fingerprint density at radius 3 is 2.48 bits per heavy atom. The zero-order valence-corrected chi connectivity index (χ0v) is 15.3. The van der Waals surface area contributed by atoms with Gasteiger partial charge in [0, 0.05) is 11.5 Å². The van der Waals surface area contributed by atoms with Gasteiger partial charge in [0.25, 0.3) is 0 Å². The summed E-state index contributed by atoms with van der Waals surface area (Å²) < 4.78 is 26.2. The Kier molecular flexibility index (Phi) is 5.26. The van der Waals surface area contributed by atoms with E-state index in [-0.39, 0.29) is 0 Å².